The van der Waals surface area contributed by atoms with Crippen molar-refractivity contribution in [2.24, 2.45) is 5.73 Å². The summed E-state index contributed by atoms with van der Waals surface area (Å²) in [5.41, 5.74) is 6.56. The van der Waals surface area contributed by atoms with Gasteiger partial charge in [-0.2, -0.15) is 4.98 Å². The Balaban J connectivity index is 1.90. The number of hydrogen-bond acceptors (Lipinski definition) is 5. The second kappa shape index (κ2) is 6.10. The van der Waals surface area contributed by atoms with E-state index in [9.17, 15) is 0 Å². The molecule has 5 nitrogen and oxygen atoms in total. The SMILES string of the molecule is NCCCCc1nc(Cc2ccncc2)no1. The molecule has 0 aromatic carbocycles. The second-order valence-corrected chi connectivity index (χ2v) is 3.88. The Morgan fingerprint density at radius 2 is 2.00 bits per heavy atom. The molecule has 2 N–H and O–H groups in total. The summed E-state index contributed by atoms with van der Waals surface area (Å²) in [5.74, 6) is 1.42. The summed E-state index contributed by atoms with van der Waals surface area (Å²) in [6, 6.07) is 3.90. The van der Waals surface area contributed by atoms with Gasteiger partial charge in [-0.3, -0.25) is 4.98 Å². The van der Waals surface area contributed by atoms with Gasteiger partial charge >= 0.3 is 0 Å². The minimum Gasteiger partial charge on any atom is -0.339 e. The maximum absolute atomic E-state index is 5.43. The maximum Gasteiger partial charge on any atom is 0.226 e. The number of unbranched alkanes of at least 4 members (excludes halogenated alkanes) is 1. The van der Waals surface area contributed by atoms with Crippen LogP contribution in [0.4, 0.5) is 0 Å². The summed E-state index contributed by atoms with van der Waals surface area (Å²) >= 11 is 0. The standard InChI is InChI=1S/C12H16N4O/c13-6-2-1-3-12-15-11(16-17-12)9-10-4-7-14-8-5-10/h4-5,7-8H,1-3,6,9,13H2. The quantitative estimate of drug-likeness (QED) is 0.760. The van der Waals surface area contributed by atoms with Gasteiger partial charge in [0.05, 0.1) is 0 Å². The average molecular weight is 232 g/mol. The third-order valence-corrected chi connectivity index (χ3v) is 2.47. The van der Waals surface area contributed by atoms with Crippen LogP contribution in [-0.2, 0) is 12.8 Å². The van der Waals surface area contributed by atoms with E-state index in [0.717, 1.165) is 30.7 Å². The molecule has 2 rings (SSSR count). The van der Waals surface area contributed by atoms with E-state index in [2.05, 4.69) is 15.1 Å². The topological polar surface area (TPSA) is 77.8 Å². The van der Waals surface area contributed by atoms with E-state index in [1.165, 1.54) is 0 Å². The summed E-state index contributed by atoms with van der Waals surface area (Å²) in [7, 11) is 0. The van der Waals surface area contributed by atoms with E-state index >= 15 is 0 Å². The summed E-state index contributed by atoms with van der Waals surface area (Å²) < 4.78 is 5.17. The van der Waals surface area contributed by atoms with Gasteiger partial charge in [0.25, 0.3) is 0 Å². The summed E-state index contributed by atoms with van der Waals surface area (Å²) in [6.45, 7) is 0.706. The molecule has 0 radical (unpaired) electrons. The summed E-state index contributed by atoms with van der Waals surface area (Å²) in [5, 5.41) is 3.95. The third-order valence-electron chi connectivity index (χ3n) is 2.47. The number of aromatic nitrogens is 3. The van der Waals surface area contributed by atoms with Crippen molar-refractivity contribution in [3.63, 3.8) is 0 Å². The molecule has 0 saturated heterocycles. The number of nitrogens with zero attached hydrogens (tertiary/aromatic N) is 3. The lowest BCUT2D eigenvalue weighted by Gasteiger charge is -1.94. The van der Waals surface area contributed by atoms with Crippen LogP contribution in [0.15, 0.2) is 29.0 Å². The molecule has 0 saturated carbocycles. The number of aryl methyl sites for hydroxylation is 1. The fourth-order valence-electron chi connectivity index (χ4n) is 1.57. The summed E-state index contributed by atoms with van der Waals surface area (Å²) in [4.78, 5) is 8.30. The van der Waals surface area contributed by atoms with Gasteiger partial charge in [0, 0.05) is 25.2 Å². The highest BCUT2D eigenvalue weighted by atomic mass is 16.5. The molecule has 2 aromatic heterocycles. The van der Waals surface area contributed by atoms with Crippen molar-refractivity contribution in [1.29, 1.82) is 0 Å². The smallest absolute Gasteiger partial charge is 0.226 e. The van der Waals surface area contributed by atoms with Crippen LogP contribution in [0.25, 0.3) is 0 Å². The van der Waals surface area contributed by atoms with E-state index in [1.807, 2.05) is 12.1 Å². The van der Waals surface area contributed by atoms with Crippen LogP contribution in [0, 0.1) is 0 Å². The molecule has 0 aliphatic rings. The fourth-order valence-corrected chi connectivity index (χ4v) is 1.57. The number of nitrogens with two attached hydrogens (primary N) is 1. The zero-order valence-electron chi connectivity index (χ0n) is 9.67. The molecule has 0 unspecified atom stereocenters. The average Bonchev–Trinajstić information content (AvgIpc) is 2.79. The first kappa shape index (κ1) is 11.7. The van der Waals surface area contributed by atoms with Crippen molar-refractivity contribution >= 4 is 0 Å². The van der Waals surface area contributed by atoms with Gasteiger partial charge in [-0.15, -0.1) is 0 Å². The van der Waals surface area contributed by atoms with Gasteiger partial charge in [0.2, 0.25) is 5.89 Å². The second-order valence-electron chi connectivity index (χ2n) is 3.88. The molecule has 0 bridgehead atoms. The maximum atomic E-state index is 5.43. The Bertz CT molecular complexity index is 441. The van der Waals surface area contributed by atoms with Crippen molar-refractivity contribution in [2.75, 3.05) is 6.54 Å². The highest BCUT2D eigenvalue weighted by Gasteiger charge is 2.06. The predicted molar refractivity (Wildman–Crippen MR) is 63.3 cm³/mol. The molecule has 0 amide bonds. The molecule has 0 aliphatic carbocycles. The van der Waals surface area contributed by atoms with Gasteiger partial charge in [0.15, 0.2) is 5.82 Å². The first-order valence-electron chi connectivity index (χ1n) is 5.79. The Labute approximate surface area is 100 Å². The van der Waals surface area contributed by atoms with Crippen LogP contribution in [0.3, 0.4) is 0 Å². The van der Waals surface area contributed by atoms with E-state index in [0.29, 0.717) is 18.9 Å². The molecule has 0 aliphatic heterocycles. The molecule has 0 fully saturated rings. The number of pyridine rings is 1. The first-order valence-corrected chi connectivity index (χ1v) is 5.79. The Morgan fingerprint density at radius 1 is 1.18 bits per heavy atom. The lowest BCUT2D eigenvalue weighted by molar-refractivity contribution is 0.370. The van der Waals surface area contributed by atoms with Crippen molar-refractivity contribution < 1.29 is 4.52 Å². The zero-order valence-corrected chi connectivity index (χ0v) is 9.67. The monoisotopic (exact) mass is 232 g/mol. The van der Waals surface area contributed by atoms with Gasteiger partial charge in [-0.25, -0.2) is 0 Å². The number of hydrogen-bond donors (Lipinski definition) is 1. The predicted octanol–water partition coefficient (Wildman–Crippen LogP) is 1.34. The van der Waals surface area contributed by atoms with E-state index in [4.69, 9.17) is 10.3 Å². The third kappa shape index (κ3) is 3.64. The normalized spacial score (nSPS) is 10.6. The van der Waals surface area contributed by atoms with Gasteiger partial charge in [0.1, 0.15) is 0 Å². The Kier molecular flexibility index (Phi) is 4.21. The molecular formula is C12H16N4O. The van der Waals surface area contributed by atoms with Gasteiger partial charge in [-0.05, 0) is 37.1 Å². The highest BCUT2D eigenvalue weighted by molar-refractivity contribution is 5.14. The molecule has 0 atom stereocenters. The van der Waals surface area contributed by atoms with Crippen LogP contribution < -0.4 is 5.73 Å². The van der Waals surface area contributed by atoms with E-state index < -0.39 is 0 Å². The van der Waals surface area contributed by atoms with Crippen molar-refractivity contribution in [3.8, 4) is 0 Å². The van der Waals surface area contributed by atoms with Crippen LogP contribution in [0.5, 0.6) is 0 Å². The van der Waals surface area contributed by atoms with Gasteiger partial charge < -0.3 is 10.3 Å². The van der Waals surface area contributed by atoms with Crippen molar-refractivity contribution in [2.45, 2.75) is 25.7 Å². The Hall–Kier alpha value is -1.75. The molecular weight excluding hydrogens is 216 g/mol. The minimum absolute atomic E-state index is 0.683. The van der Waals surface area contributed by atoms with Crippen LogP contribution in [0.2, 0.25) is 0 Å². The summed E-state index contributed by atoms with van der Waals surface area (Å²) in [6.07, 6.45) is 6.99. The van der Waals surface area contributed by atoms with Crippen LogP contribution >= 0.6 is 0 Å². The lowest BCUT2D eigenvalue weighted by atomic mass is 10.2. The van der Waals surface area contributed by atoms with Crippen LogP contribution in [0.1, 0.15) is 30.1 Å². The first-order chi connectivity index (χ1) is 8.38. The molecule has 17 heavy (non-hydrogen) atoms. The minimum atomic E-state index is 0.683. The molecule has 2 heterocycles. The molecule has 2 aromatic rings. The Morgan fingerprint density at radius 3 is 2.76 bits per heavy atom. The molecule has 0 spiro atoms. The highest BCUT2D eigenvalue weighted by Crippen LogP contribution is 2.07. The fraction of sp³-hybridized carbons (Fsp3) is 0.417. The number of rotatable bonds is 6. The zero-order chi connectivity index (χ0) is 11.9. The lowest BCUT2D eigenvalue weighted by Crippen LogP contribution is -1.99. The van der Waals surface area contributed by atoms with E-state index in [-0.39, 0.29) is 0 Å². The molecule has 5 heteroatoms. The van der Waals surface area contributed by atoms with Crippen LogP contribution in [-0.4, -0.2) is 21.7 Å². The van der Waals surface area contributed by atoms with Crippen molar-refractivity contribution in [1.82, 2.24) is 15.1 Å². The van der Waals surface area contributed by atoms with E-state index in [1.54, 1.807) is 12.4 Å². The van der Waals surface area contributed by atoms with Gasteiger partial charge in [-0.1, -0.05) is 5.16 Å². The largest absolute Gasteiger partial charge is 0.339 e. The molecule has 90 valence electrons. The van der Waals surface area contributed by atoms with Crippen molar-refractivity contribution in [3.05, 3.63) is 41.8 Å².